The molecule has 1 rings (SSSR count). The fourth-order valence-corrected chi connectivity index (χ4v) is 1.82. The number of hydrogen-bond donors (Lipinski definition) is 2. The first-order valence-electron chi connectivity index (χ1n) is 7.27. The topological polar surface area (TPSA) is 44.4 Å². The van der Waals surface area contributed by atoms with Gasteiger partial charge in [-0.15, -0.1) is 0 Å². The van der Waals surface area contributed by atoms with E-state index in [9.17, 15) is 4.79 Å². The van der Waals surface area contributed by atoms with E-state index >= 15 is 0 Å². The van der Waals surface area contributed by atoms with Gasteiger partial charge in [0.05, 0.1) is 0 Å². The summed E-state index contributed by atoms with van der Waals surface area (Å²) < 4.78 is 0. The maximum atomic E-state index is 11.5. The van der Waals surface area contributed by atoms with Crippen molar-refractivity contribution in [2.45, 2.75) is 26.7 Å². The van der Waals surface area contributed by atoms with E-state index in [1.807, 2.05) is 14.1 Å². The zero-order valence-electron chi connectivity index (χ0n) is 13.1. The Hall–Kier alpha value is -1.71. The van der Waals surface area contributed by atoms with Crippen LogP contribution in [0.4, 0.5) is 10.5 Å². The number of nitrogens with zero attached hydrogens (tertiary/aromatic N) is 1. The second kappa shape index (κ2) is 8.46. The van der Waals surface area contributed by atoms with Gasteiger partial charge in [0, 0.05) is 32.9 Å². The highest BCUT2D eigenvalue weighted by atomic mass is 16.2. The van der Waals surface area contributed by atoms with Gasteiger partial charge in [0.25, 0.3) is 0 Å². The molecule has 112 valence electrons. The maximum absolute atomic E-state index is 11.5. The van der Waals surface area contributed by atoms with E-state index in [0.717, 1.165) is 19.4 Å². The van der Waals surface area contributed by atoms with Gasteiger partial charge >= 0.3 is 6.03 Å². The van der Waals surface area contributed by atoms with Crippen LogP contribution < -0.4 is 15.5 Å². The van der Waals surface area contributed by atoms with Crippen LogP contribution in [-0.4, -0.2) is 33.2 Å². The highest BCUT2D eigenvalue weighted by Gasteiger charge is 2.01. The van der Waals surface area contributed by atoms with Crippen molar-refractivity contribution in [1.29, 1.82) is 0 Å². The van der Waals surface area contributed by atoms with Gasteiger partial charge < -0.3 is 15.5 Å². The van der Waals surface area contributed by atoms with Gasteiger partial charge in [-0.1, -0.05) is 26.0 Å². The molecular formula is C16H27N3O. The molecule has 0 unspecified atom stereocenters. The third-order valence-corrected chi connectivity index (χ3v) is 3.16. The zero-order valence-corrected chi connectivity index (χ0v) is 13.1. The molecular weight excluding hydrogens is 250 g/mol. The van der Waals surface area contributed by atoms with Gasteiger partial charge in [0.15, 0.2) is 0 Å². The molecule has 1 aromatic rings. The molecule has 0 aromatic heterocycles. The van der Waals surface area contributed by atoms with Gasteiger partial charge in [-0.2, -0.15) is 0 Å². The molecule has 0 spiro atoms. The number of hydrogen-bond acceptors (Lipinski definition) is 2. The Morgan fingerprint density at radius 1 is 1.10 bits per heavy atom. The number of rotatable bonds is 7. The lowest BCUT2D eigenvalue weighted by molar-refractivity contribution is 0.240. The smallest absolute Gasteiger partial charge is 0.314 e. The second-order valence-corrected chi connectivity index (χ2v) is 5.68. The summed E-state index contributed by atoms with van der Waals surface area (Å²) in [4.78, 5) is 13.6. The monoisotopic (exact) mass is 277 g/mol. The third-order valence-electron chi connectivity index (χ3n) is 3.16. The van der Waals surface area contributed by atoms with Crippen LogP contribution in [0.15, 0.2) is 24.3 Å². The Bertz CT molecular complexity index is 399. The van der Waals surface area contributed by atoms with Crippen LogP contribution in [0.3, 0.4) is 0 Å². The van der Waals surface area contributed by atoms with E-state index in [1.165, 1.54) is 11.3 Å². The molecule has 0 atom stereocenters. The summed E-state index contributed by atoms with van der Waals surface area (Å²) in [6.45, 7) is 5.70. The first-order valence-corrected chi connectivity index (χ1v) is 7.27. The van der Waals surface area contributed by atoms with Crippen LogP contribution in [0.25, 0.3) is 0 Å². The van der Waals surface area contributed by atoms with Crippen LogP contribution in [0, 0.1) is 5.92 Å². The Morgan fingerprint density at radius 2 is 1.70 bits per heavy atom. The first-order chi connectivity index (χ1) is 9.49. The molecule has 4 nitrogen and oxygen atoms in total. The van der Waals surface area contributed by atoms with Crippen molar-refractivity contribution in [2.75, 3.05) is 32.1 Å². The number of nitrogens with one attached hydrogen (secondary N) is 2. The molecule has 0 fully saturated rings. The van der Waals surface area contributed by atoms with Crippen LogP contribution in [0.5, 0.6) is 0 Å². The van der Waals surface area contributed by atoms with Crippen molar-refractivity contribution < 1.29 is 4.79 Å². The van der Waals surface area contributed by atoms with Crippen molar-refractivity contribution >= 4 is 11.7 Å². The Balaban J connectivity index is 2.21. The molecule has 2 N–H and O–H groups in total. The molecule has 0 heterocycles. The summed E-state index contributed by atoms with van der Waals surface area (Å²) in [6, 6.07) is 8.33. The van der Waals surface area contributed by atoms with E-state index in [4.69, 9.17) is 0 Å². The average Bonchev–Trinajstić information content (AvgIpc) is 2.39. The second-order valence-electron chi connectivity index (χ2n) is 5.68. The third kappa shape index (κ3) is 6.45. The summed E-state index contributed by atoms with van der Waals surface area (Å²) in [6.07, 6.45) is 1.87. The summed E-state index contributed by atoms with van der Waals surface area (Å²) in [7, 11) is 4.05. The van der Waals surface area contributed by atoms with Gasteiger partial charge in [-0.3, -0.25) is 0 Å². The van der Waals surface area contributed by atoms with Gasteiger partial charge in [-0.25, -0.2) is 4.79 Å². The predicted octanol–water partition coefficient (Wildman–Crippen LogP) is 2.64. The standard InChI is InChI=1S/C16H27N3O/c1-13(2)9-11-17-16(20)18-12-10-14-5-7-15(8-6-14)19(3)4/h5-8,13H,9-12H2,1-4H3,(H2,17,18,20). The summed E-state index contributed by atoms with van der Waals surface area (Å²) in [5.74, 6) is 0.616. The van der Waals surface area contributed by atoms with Crippen LogP contribution >= 0.6 is 0 Å². The lowest BCUT2D eigenvalue weighted by Crippen LogP contribution is -2.37. The van der Waals surface area contributed by atoms with E-state index in [1.54, 1.807) is 0 Å². The van der Waals surface area contributed by atoms with Crippen molar-refractivity contribution in [3.63, 3.8) is 0 Å². The Kier molecular flexibility index (Phi) is 6.91. The number of urea groups is 1. The van der Waals surface area contributed by atoms with Crippen molar-refractivity contribution in [2.24, 2.45) is 5.92 Å². The van der Waals surface area contributed by atoms with Crippen molar-refractivity contribution in [3.8, 4) is 0 Å². The SMILES string of the molecule is CC(C)CCNC(=O)NCCc1ccc(N(C)C)cc1. The fourth-order valence-electron chi connectivity index (χ4n) is 1.82. The largest absolute Gasteiger partial charge is 0.378 e. The van der Waals surface area contributed by atoms with Crippen molar-refractivity contribution in [3.05, 3.63) is 29.8 Å². The van der Waals surface area contributed by atoms with E-state index < -0.39 is 0 Å². The first kappa shape index (κ1) is 16.3. The van der Waals surface area contributed by atoms with Gasteiger partial charge in [-0.05, 0) is 36.5 Å². The normalized spacial score (nSPS) is 10.4. The van der Waals surface area contributed by atoms with Crippen LogP contribution in [0.1, 0.15) is 25.8 Å². The zero-order chi connectivity index (χ0) is 15.0. The number of carbonyl (C=O) groups excluding carboxylic acids is 1. The highest BCUT2D eigenvalue weighted by molar-refractivity contribution is 5.73. The minimum absolute atomic E-state index is 0.0736. The van der Waals surface area contributed by atoms with E-state index in [-0.39, 0.29) is 6.03 Å². The molecule has 0 aliphatic rings. The molecule has 0 radical (unpaired) electrons. The Labute approximate surface area is 122 Å². The molecule has 0 saturated carbocycles. The van der Waals surface area contributed by atoms with Gasteiger partial charge in [0.1, 0.15) is 0 Å². The summed E-state index contributed by atoms with van der Waals surface area (Å²) in [5, 5.41) is 5.75. The molecule has 0 saturated heterocycles. The summed E-state index contributed by atoms with van der Waals surface area (Å²) >= 11 is 0. The molecule has 0 aliphatic heterocycles. The predicted molar refractivity (Wildman–Crippen MR) is 85.3 cm³/mol. The highest BCUT2D eigenvalue weighted by Crippen LogP contribution is 2.12. The minimum atomic E-state index is -0.0736. The summed E-state index contributed by atoms with van der Waals surface area (Å²) in [5.41, 5.74) is 2.42. The quantitative estimate of drug-likeness (QED) is 0.804. The molecule has 20 heavy (non-hydrogen) atoms. The lowest BCUT2D eigenvalue weighted by atomic mass is 10.1. The van der Waals surface area contributed by atoms with Gasteiger partial charge in [0.2, 0.25) is 0 Å². The van der Waals surface area contributed by atoms with Crippen LogP contribution in [-0.2, 0) is 6.42 Å². The number of anilines is 1. The average molecular weight is 277 g/mol. The van der Waals surface area contributed by atoms with Crippen LogP contribution in [0.2, 0.25) is 0 Å². The fraction of sp³-hybridized carbons (Fsp3) is 0.562. The van der Waals surface area contributed by atoms with E-state index in [0.29, 0.717) is 12.5 Å². The molecule has 4 heteroatoms. The van der Waals surface area contributed by atoms with Crippen molar-refractivity contribution in [1.82, 2.24) is 10.6 Å². The number of carbonyl (C=O) groups is 1. The number of amides is 2. The molecule has 2 amide bonds. The van der Waals surface area contributed by atoms with E-state index in [2.05, 4.69) is 53.6 Å². The molecule has 1 aromatic carbocycles. The Morgan fingerprint density at radius 3 is 2.25 bits per heavy atom. The number of benzene rings is 1. The molecule has 0 bridgehead atoms. The maximum Gasteiger partial charge on any atom is 0.314 e. The molecule has 0 aliphatic carbocycles. The minimum Gasteiger partial charge on any atom is -0.378 e. The lowest BCUT2D eigenvalue weighted by Gasteiger charge is -2.13.